The number of nitrogens with one attached hydrogen (secondary N) is 1. The van der Waals surface area contributed by atoms with E-state index in [2.05, 4.69) is 20.3 Å². The highest BCUT2D eigenvalue weighted by Crippen LogP contribution is 2.24. The SMILES string of the molecule is COc1cccc(Nc2nc(N)cc(-n3c(C)nc4ccc(F)cc43)n2)c1. The van der Waals surface area contributed by atoms with Crippen LogP contribution in [0.15, 0.2) is 48.5 Å². The molecule has 0 atom stereocenters. The number of fused-ring (bicyclic) bond motifs is 1. The summed E-state index contributed by atoms with van der Waals surface area (Å²) >= 11 is 0. The molecule has 136 valence electrons. The van der Waals surface area contributed by atoms with Crippen LogP contribution in [0.5, 0.6) is 5.75 Å². The number of aromatic nitrogens is 4. The zero-order valence-corrected chi connectivity index (χ0v) is 14.8. The quantitative estimate of drug-likeness (QED) is 0.575. The smallest absolute Gasteiger partial charge is 0.231 e. The minimum Gasteiger partial charge on any atom is -0.497 e. The molecule has 0 fully saturated rings. The van der Waals surface area contributed by atoms with Crippen molar-refractivity contribution in [2.45, 2.75) is 6.92 Å². The number of methoxy groups -OCH3 is 1. The van der Waals surface area contributed by atoms with Crippen molar-refractivity contribution in [3.05, 3.63) is 60.2 Å². The topological polar surface area (TPSA) is 90.9 Å². The highest BCUT2D eigenvalue weighted by molar-refractivity contribution is 5.78. The Morgan fingerprint density at radius 3 is 2.74 bits per heavy atom. The molecule has 0 aliphatic heterocycles. The van der Waals surface area contributed by atoms with Gasteiger partial charge in [-0.05, 0) is 31.2 Å². The summed E-state index contributed by atoms with van der Waals surface area (Å²) in [5, 5.41) is 3.11. The van der Waals surface area contributed by atoms with E-state index in [1.54, 1.807) is 23.8 Å². The molecule has 0 aliphatic carbocycles. The molecule has 0 saturated carbocycles. The van der Waals surface area contributed by atoms with Crippen LogP contribution in [0.2, 0.25) is 0 Å². The van der Waals surface area contributed by atoms with E-state index in [4.69, 9.17) is 10.5 Å². The number of halogens is 1. The van der Waals surface area contributed by atoms with Crippen molar-refractivity contribution >= 4 is 28.5 Å². The van der Waals surface area contributed by atoms with E-state index in [1.807, 2.05) is 31.2 Å². The van der Waals surface area contributed by atoms with Gasteiger partial charge in [-0.3, -0.25) is 4.57 Å². The summed E-state index contributed by atoms with van der Waals surface area (Å²) in [4.78, 5) is 13.2. The Bertz CT molecular complexity index is 1140. The lowest BCUT2D eigenvalue weighted by Crippen LogP contribution is -2.07. The molecule has 0 amide bonds. The average Bonchev–Trinajstić information content (AvgIpc) is 2.96. The summed E-state index contributed by atoms with van der Waals surface area (Å²) in [7, 11) is 1.60. The van der Waals surface area contributed by atoms with E-state index < -0.39 is 0 Å². The number of anilines is 3. The Morgan fingerprint density at radius 1 is 1.07 bits per heavy atom. The number of hydrogen-bond acceptors (Lipinski definition) is 6. The van der Waals surface area contributed by atoms with Crippen molar-refractivity contribution in [3.63, 3.8) is 0 Å². The summed E-state index contributed by atoms with van der Waals surface area (Å²) in [6.45, 7) is 1.82. The van der Waals surface area contributed by atoms with Crippen LogP contribution in [-0.4, -0.2) is 26.6 Å². The third kappa shape index (κ3) is 3.24. The largest absolute Gasteiger partial charge is 0.497 e. The fourth-order valence-corrected chi connectivity index (χ4v) is 2.91. The summed E-state index contributed by atoms with van der Waals surface area (Å²) in [5.41, 5.74) is 8.01. The molecule has 4 rings (SSSR count). The first-order chi connectivity index (χ1) is 13.0. The molecule has 2 heterocycles. The maximum Gasteiger partial charge on any atom is 0.231 e. The van der Waals surface area contributed by atoms with E-state index in [9.17, 15) is 4.39 Å². The van der Waals surface area contributed by atoms with Gasteiger partial charge in [0.15, 0.2) is 0 Å². The number of nitrogens with two attached hydrogens (primary N) is 1. The number of nitrogen functional groups attached to an aromatic ring is 1. The second-order valence-corrected chi connectivity index (χ2v) is 5.96. The second-order valence-electron chi connectivity index (χ2n) is 5.96. The van der Waals surface area contributed by atoms with Crippen molar-refractivity contribution in [2.24, 2.45) is 0 Å². The normalized spacial score (nSPS) is 10.9. The van der Waals surface area contributed by atoms with Crippen LogP contribution < -0.4 is 15.8 Å². The number of benzene rings is 2. The highest BCUT2D eigenvalue weighted by atomic mass is 19.1. The molecule has 0 unspecified atom stereocenters. The van der Waals surface area contributed by atoms with Crippen LogP contribution in [0.1, 0.15) is 5.82 Å². The lowest BCUT2D eigenvalue weighted by atomic mass is 10.3. The van der Waals surface area contributed by atoms with Crippen LogP contribution in [0, 0.1) is 12.7 Å². The number of ether oxygens (including phenoxy) is 1. The Labute approximate surface area is 154 Å². The van der Waals surface area contributed by atoms with Gasteiger partial charge in [0.1, 0.15) is 29.0 Å². The summed E-state index contributed by atoms with van der Waals surface area (Å²) < 4.78 is 20.7. The third-order valence-corrected chi connectivity index (χ3v) is 4.07. The van der Waals surface area contributed by atoms with Crippen LogP contribution in [-0.2, 0) is 0 Å². The van der Waals surface area contributed by atoms with E-state index in [0.717, 1.165) is 5.69 Å². The molecule has 0 bridgehead atoms. The molecule has 4 aromatic rings. The van der Waals surface area contributed by atoms with Gasteiger partial charge in [0.05, 0.1) is 18.1 Å². The van der Waals surface area contributed by atoms with Gasteiger partial charge in [0.25, 0.3) is 0 Å². The fourth-order valence-electron chi connectivity index (χ4n) is 2.91. The molecular formula is C19H17FN6O. The second kappa shape index (κ2) is 6.56. The van der Waals surface area contributed by atoms with Crippen LogP contribution >= 0.6 is 0 Å². The van der Waals surface area contributed by atoms with Gasteiger partial charge < -0.3 is 15.8 Å². The molecule has 7 nitrogen and oxygen atoms in total. The molecule has 2 aromatic carbocycles. The number of aryl methyl sites for hydroxylation is 1. The predicted octanol–water partition coefficient (Wildman–Crippen LogP) is 3.60. The molecule has 8 heteroatoms. The maximum atomic E-state index is 13.7. The van der Waals surface area contributed by atoms with E-state index >= 15 is 0 Å². The van der Waals surface area contributed by atoms with Crippen LogP contribution in [0.3, 0.4) is 0 Å². The Hall–Kier alpha value is -3.68. The van der Waals surface area contributed by atoms with E-state index in [1.165, 1.54) is 12.1 Å². The van der Waals surface area contributed by atoms with Gasteiger partial charge in [-0.1, -0.05) is 6.07 Å². The van der Waals surface area contributed by atoms with E-state index in [0.29, 0.717) is 34.4 Å². The number of rotatable bonds is 4. The molecule has 2 aromatic heterocycles. The average molecular weight is 364 g/mol. The van der Waals surface area contributed by atoms with Crippen molar-refractivity contribution < 1.29 is 9.13 Å². The maximum absolute atomic E-state index is 13.7. The minimum absolute atomic E-state index is 0.281. The molecule has 0 spiro atoms. The predicted molar refractivity (Wildman–Crippen MR) is 102 cm³/mol. The van der Waals surface area contributed by atoms with Gasteiger partial charge in [0.2, 0.25) is 5.95 Å². The highest BCUT2D eigenvalue weighted by Gasteiger charge is 2.13. The first-order valence-corrected chi connectivity index (χ1v) is 8.24. The zero-order valence-electron chi connectivity index (χ0n) is 14.8. The monoisotopic (exact) mass is 364 g/mol. The van der Waals surface area contributed by atoms with Crippen LogP contribution in [0.25, 0.3) is 16.9 Å². The third-order valence-electron chi connectivity index (χ3n) is 4.07. The fraction of sp³-hybridized carbons (Fsp3) is 0.105. The standard InChI is InChI=1S/C19H17FN6O/c1-11-22-15-7-6-12(20)8-16(15)26(11)18-10-17(21)24-19(25-18)23-13-4-3-5-14(9-13)27-2/h3-10H,1-2H3,(H3,21,23,24,25). The van der Waals surface area contributed by atoms with Gasteiger partial charge in [0, 0.05) is 23.9 Å². The first-order valence-electron chi connectivity index (χ1n) is 8.24. The molecule has 0 radical (unpaired) electrons. The zero-order chi connectivity index (χ0) is 19.0. The lowest BCUT2D eigenvalue weighted by molar-refractivity contribution is 0.415. The summed E-state index contributed by atoms with van der Waals surface area (Å²) in [6, 6.07) is 13.4. The molecule has 0 aliphatic rings. The Kier molecular flexibility index (Phi) is 4.08. The van der Waals surface area contributed by atoms with Gasteiger partial charge in [-0.25, -0.2) is 9.37 Å². The number of nitrogens with zero attached hydrogens (tertiary/aromatic N) is 4. The van der Waals surface area contributed by atoms with E-state index in [-0.39, 0.29) is 11.6 Å². The lowest BCUT2D eigenvalue weighted by Gasteiger charge is -2.11. The van der Waals surface area contributed by atoms with Crippen molar-refractivity contribution in [2.75, 3.05) is 18.2 Å². The molecule has 0 saturated heterocycles. The Balaban J connectivity index is 1.79. The number of hydrogen-bond donors (Lipinski definition) is 2. The summed E-state index contributed by atoms with van der Waals surface area (Å²) in [6.07, 6.45) is 0. The van der Waals surface area contributed by atoms with Gasteiger partial charge in [-0.15, -0.1) is 0 Å². The molecule has 27 heavy (non-hydrogen) atoms. The van der Waals surface area contributed by atoms with Crippen molar-refractivity contribution in [1.82, 2.24) is 19.5 Å². The number of imidazole rings is 1. The molecule has 3 N–H and O–H groups in total. The van der Waals surface area contributed by atoms with Crippen LogP contribution in [0.4, 0.5) is 21.8 Å². The van der Waals surface area contributed by atoms with Crippen molar-refractivity contribution in [1.29, 1.82) is 0 Å². The minimum atomic E-state index is -0.347. The van der Waals surface area contributed by atoms with Gasteiger partial charge >= 0.3 is 0 Å². The first kappa shape index (κ1) is 16.8. The van der Waals surface area contributed by atoms with Crippen molar-refractivity contribution in [3.8, 4) is 11.6 Å². The Morgan fingerprint density at radius 2 is 1.93 bits per heavy atom. The van der Waals surface area contributed by atoms with Gasteiger partial charge in [-0.2, -0.15) is 9.97 Å². The molecular weight excluding hydrogens is 347 g/mol. The summed E-state index contributed by atoms with van der Waals surface area (Å²) in [5.74, 6) is 2.12.